The normalized spacial score (nSPS) is 21.8. The van der Waals surface area contributed by atoms with E-state index < -0.39 is 10.0 Å². The van der Waals surface area contributed by atoms with Crippen LogP contribution in [-0.4, -0.2) is 49.4 Å². The van der Waals surface area contributed by atoms with Gasteiger partial charge in [0.15, 0.2) is 0 Å². The quantitative estimate of drug-likeness (QED) is 0.783. The van der Waals surface area contributed by atoms with Crippen molar-refractivity contribution in [3.8, 4) is 5.88 Å². The lowest BCUT2D eigenvalue weighted by Gasteiger charge is -2.26. The molecule has 7 nitrogen and oxygen atoms in total. The molecule has 0 bridgehead atoms. The first-order valence-electron chi connectivity index (χ1n) is 9.56. The molecule has 146 valence electrons. The van der Waals surface area contributed by atoms with Gasteiger partial charge in [-0.15, -0.1) is 0 Å². The van der Waals surface area contributed by atoms with Crippen LogP contribution >= 0.6 is 0 Å². The summed E-state index contributed by atoms with van der Waals surface area (Å²) in [5.41, 5.74) is 2.87. The summed E-state index contributed by atoms with van der Waals surface area (Å²) in [5, 5.41) is 0. The van der Waals surface area contributed by atoms with Gasteiger partial charge in [-0.25, -0.2) is 13.4 Å². The van der Waals surface area contributed by atoms with E-state index in [0.29, 0.717) is 56.1 Å². The van der Waals surface area contributed by atoms with Gasteiger partial charge in [-0.2, -0.15) is 4.31 Å². The molecular formula is C20H21N3O4S. The molecule has 1 atom stereocenters. The van der Waals surface area contributed by atoms with Gasteiger partial charge in [-0.3, -0.25) is 4.79 Å². The fourth-order valence-corrected chi connectivity index (χ4v) is 5.91. The summed E-state index contributed by atoms with van der Waals surface area (Å²) in [7, 11) is -3.60. The van der Waals surface area contributed by atoms with Gasteiger partial charge in [-0.1, -0.05) is 6.07 Å². The monoisotopic (exact) mass is 399 g/mol. The number of hydrogen-bond acceptors (Lipinski definition) is 5. The molecule has 4 heterocycles. The third kappa shape index (κ3) is 2.87. The Labute approximate surface area is 164 Å². The van der Waals surface area contributed by atoms with Crippen LogP contribution in [0.1, 0.15) is 24.0 Å². The van der Waals surface area contributed by atoms with Gasteiger partial charge in [0.05, 0.1) is 17.1 Å². The minimum atomic E-state index is -3.60. The molecule has 1 aromatic heterocycles. The molecule has 1 aromatic carbocycles. The molecular weight excluding hydrogens is 378 g/mol. The standard InChI is InChI=1S/C20H21N3O4S/c24-19-5-4-14-11-17(12-15-6-10-23(19)20(14)15)28(25,26)22-9-7-16(13-22)27-18-3-1-2-8-21-18/h1-3,8,11-12,16H,4-7,9-10,13H2/t16-/m0/s1. The smallest absolute Gasteiger partial charge is 0.243 e. The van der Waals surface area contributed by atoms with Crippen molar-refractivity contribution < 1.29 is 17.9 Å². The molecule has 0 N–H and O–H groups in total. The maximum atomic E-state index is 13.2. The van der Waals surface area contributed by atoms with Crippen molar-refractivity contribution >= 4 is 21.6 Å². The third-order valence-corrected chi connectivity index (χ3v) is 7.54. The fraction of sp³-hybridized carbons (Fsp3) is 0.400. The van der Waals surface area contributed by atoms with Gasteiger partial charge >= 0.3 is 0 Å². The molecule has 0 unspecified atom stereocenters. The Morgan fingerprint density at radius 2 is 1.89 bits per heavy atom. The van der Waals surface area contributed by atoms with Gasteiger partial charge in [0.2, 0.25) is 21.8 Å². The van der Waals surface area contributed by atoms with Crippen molar-refractivity contribution in [3.63, 3.8) is 0 Å². The maximum absolute atomic E-state index is 13.2. The maximum Gasteiger partial charge on any atom is 0.243 e. The zero-order chi connectivity index (χ0) is 19.3. The minimum Gasteiger partial charge on any atom is -0.473 e. The van der Waals surface area contributed by atoms with E-state index in [0.717, 1.165) is 16.8 Å². The predicted octanol–water partition coefficient (Wildman–Crippen LogP) is 1.76. The Bertz CT molecular complexity index is 1040. The molecule has 1 saturated heterocycles. The summed E-state index contributed by atoms with van der Waals surface area (Å²) in [6, 6.07) is 8.93. The average molecular weight is 399 g/mol. The Morgan fingerprint density at radius 1 is 1.07 bits per heavy atom. The van der Waals surface area contributed by atoms with Crippen molar-refractivity contribution in [3.05, 3.63) is 47.7 Å². The first-order chi connectivity index (χ1) is 13.5. The molecule has 1 amide bonds. The summed E-state index contributed by atoms with van der Waals surface area (Å²) in [6.45, 7) is 1.39. The van der Waals surface area contributed by atoms with Crippen LogP contribution < -0.4 is 9.64 Å². The Kier molecular flexibility index (Phi) is 4.13. The van der Waals surface area contributed by atoms with E-state index in [-0.39, 0.29) is 12.0 Å². The van der Waals surface area contributed by atoms with Gasteiger partial charge in [0.25, 0.3) is 0 Å². The number of hydrogen-bond donors (Lipinski definition) is 0. The number of benzene rings is 1. The Morgan fingerprint density at radius 3 is 2.68 bits per heavy atom. The highest BCUT2D eigenvalue weighted by molar-refractivity contribution is 7.89. The number of rotatable bonds is 4. The average Bonchev–Trinajstić information content (AvgIpc) is 3.34. The summed E-state index contributed by atoms with van der Waals surface area (Å²) in [5.74, 6) is 0.648. The predicted molar refractivity (Wildman–Crippen MR) is 103 cm³/mol. The van der Waals surface area contributed by atoms with E-state index >= 15 is 0 Å². The molecule has 0 radical (unpaired) electrons. The van der Waals surface area contributed by atoms with Crippen LogP contribution in [0.15, 0.2) is 41.4 Å². The highest BCUT2D eigenvalue weighted by Crippen LogP contribution is 2.39. The van der Waals surface area contributed by atoms with Crippen LogP contribution in [0, 0.1) is 0 Å². The molecule has 2 aromatic rings. The van der Waals surface area contributed by atoms with E-state index in [9.17, 15) is 13.2 Å². The number of carbonyl (C=O) groups is 1. The van der Waals surface area contributed by atoms with Crippen molar-refractivity contribution in [2.45, 2.75) is 36.7 Å². The molecule has 0 saturated carbocycles. The molecule has 3 aliphatic rings. The van der Waals surface area contributed by atoms with Crippen molar-refractivity contribution in [1.29, 1.82) is 0 Å². The Balaban J connectivity index is 1.39. The second kappa shape index (κ2) is 6.56. The van der Waals surface area contributed by atoms with Crippen molar-refractivity contribution in [2.75, 3.05) is 24.5 Å². The van der Waals surface area contributed by atoms with Crippen molar-refractivity contribution in [2.24, 2.45) is 0 Å². The van der Waals surface area contributed by atoms with E-state index in [2.05, 4.69) is 4.98 Å². The topological polar surface area (TPSA) is 79.8 Å². The van der Waals surface area contributed by atoms with Gasteiger partial charge in [-0.05, 0) is 48.6 Å². The zero-order valence-corrected chi connectivity index (χ0v) is 16.2. The molecule has 3 aliphatic heterocycles. The minimum absolute atomic E-state index is 0.135. The summed E-state index contributed by atoms with van der Waals surface area (Å²) >= 11 is 0. The summed E-state index contributed by atoms with van der Waals surface area (Å²) in [6.07, 6.45) is 3.85. The van der Waals surface area contributed by atoms with Crippen LogP contribution in [0.25, 0.3) is 0 Å². The lowest BCUT2D eigenvalue weighted by molar-refractivity contribution is -0.118. The number of aryl methyl sites for hydroxylation is 1. The Hall–Kier alpha value is -2.45. The van der Waals surface area contributed by atoms with Crippen LogP contribution in [0.2, 0.25) is 0 Å². The van der Waals surface area contributed by atoms with Gasteiger partial charge in [0.1, 0.15) is 6.10 Å². The number of ether oxygens (including phenoxy) is 1. The molecule has 1 fully saturated rings. The number of aromatic nitrogens is 1. The lowest BCUT2D eigenvalue weighted by atomic mass is 10.00. The summed E-state index contributed by atoms with van der Waals surface area (Å²) < 4.78 is 33.8. The van der Waals surface area contributed by atoms with Crippen LogP contribution in [-0.2, 0) is 27.7 Å². The number of carbonyl (C=O) groups excluding carboxylic acids is 1. The van der Waals surface area contributed by atoms with Gasteiger partial charge < -0.3 is 9.64 Å². The van der Waals surface area contributed by atoms with E-state index in [4.69, 9.17) is 4.74 Å². The number of sulfonamides is 1. The van der Waals surface area contributed by atoms with Crippen LogP contribution in [0.4, 0.5) is 5.69 Å². The van der Waals surface area contributed by atoms with E-state index in [1.807, 2.05) is 12.1 Å². The second-order valence-electron chi connectivity index (χ2n) is 7.45. The van der Waals surface area contributed by atoms with Crippen LogP contribution in [0.5, 0.6) is 5.88 Å². The van der Waals surface area contributed by atoms with Crippen molar-refractivity contribution in [1.82, 2.24) is 9.29 Å². The highest BCUT2D eigenvalue weighted by Gasteiger charge is 2.37. The fourth-order valence-electron chi connectivity index (χ4n) is 4.32. The van der Waals surface area contributed by atoms with E-state index in [1.165, 1.54) is 4.31 Å². The third-order valence-electron chi connectivity index (χ3n) is 5.70. The van der Waals surface area contributed by atoms with E-state index in [1.54, 1.807) is 29.3 Å². The lowest BCUT2D eigenvalue weighted by Crippen LogP contribution is -2.33. The largest absolute Gasteiger partial charge is 0.473 e. The first kappa shape index (κ1) is 17.6. The van der Waals surface area contributed by atoms with Gasteiger partial charge in [0, 0.05) is 31.8 Å². The second-order valence-corrected chi connectivity index (χ2v) is 9.38. The SMILES string of the molecule is O=C1CCc2cc(S(=O)(=O)N3CC[C@H](Oc4ccccn4)C3)cc3c2N1CC3. The zero-order valence-electron chi connectivity index (χ0n) is 15.4. The number of amides is 1. The number of nitrogens with zero attached hydrogens (tertiary/aromatic N) is 3. The highest BCUT2D eigenvalue weighted by atomic mass is 32.2. The number of pyridine rings is 1. The molecule has 0 aliphatic carbocycles. The molecule has 8 heteroatoms. The summed E-state index contributed by atoms with van der Waals surface area (Å²) in [4.78, 5) is 18.4. The number of anilines is 1. The molecule has 0 spiro atoms. The first-order valence-corrected chi connectivity index (χ1v) is 11.0. The molecule has 28 heavy (non-hydrogen) atoms. The molecule has 5 rings (SSSR count). The van der Waals surface area contributed by atoms with Crippen LogP contribution in [0.3, 0.4) is 0 Å².